The van der Waals surface area contributed by atoms with Gasteiger partial charge in [-0.25, -0.2) is 0 Å². The lowest BCUT2D eigenvalue weighted by Crippen LogP contribution is -2.01. The number of rotatable bonds is 6. The molecule has 0 aliphatic rings. The molecule has 0 fully saturated rings. The molecule has 16 heavy (non-hydrogen) atoms. The van der Waals surface area contributed by atoms with Crippen molar-refractivity contribution >= 4 is 11.6 Å². The summed E-state index contributed by atoms with van der Waals surface area (Å²) < 4.78 is 5.16. The standard InChI is InChI=1S/C12H17ClO3/c1-16-12-6-5-9(13)8-10(12)11(15)4-2-3-7-14/h5-6,8,11,14-15H,2-4,7H2,1H3. The maximum absolute atomic E-state index is 9.96. The third-order valence-corrected chi connectivity index (χ3v) is 2.67. The first-order valence-electron chi connectivity index (χ1n) is 5.31. The molecule has 0 radical (unpaired) electrons. The van der Waals surface area contributed by atoms with Crippen molar-refractivity contribution in [3.05, 3.63) is 28.8 Å². The zero-order valence-corrected chi connectivity index (χ0v) is 10.1. The molecule has 0 saturated heterocycles. The second kappa shape index (κ2) is 6.74. The Labute approximate surface area is 101 Å². The van der Waals surface area contributed by atoms with Crippen molar-refractivity contribution in [1.29, 1.82) is 0 Å². The molecule has 1 unspecified atom stereocenters. The van der Waals surface area contributed by atoms with E-state index in [4.69, 9.17) is 21.4 Å². The number of ether oxygens (including phenoxy) is 1. The Morgan fingerprint density at radius 2 is 2.12 bits per heavy atom. The molecule has 0 amide bonds. The average Bonchev–Trinajstić information content (AvgIpc) is 2.29. The normalized spacial score (nSPS) is 12.5. The first-order chi connectivity index (χ1) is 7.69. The van der Waals surface area contributed by atoms with E-state index < -0.39 is 6.10 Å². The van der Waals surface area contributed by atoms with Gasteiger partial charge in [0.2, 0.25) is 0 Å². The van der Waals surface area contributed by atoms with Crippen LogP contribution in [0.25, 0.3) is 0 Å². The fraction of sp³-hybridized carbons (Fsp3) is 0.500. The van der Waals surface area contributed by atoms with Crippen LogP contribution < -0.4 is 4.74 Å². The van der Waals surface area contributed by atoms with Gasteiger partial charge in [0.05, 0.1) is 13.2 Å². The Morgan fingerprint density at radius 1 is 1.38 bits per heavy atom. The largest absolute Gasteiger partial charge is 0.496 e. The SMILES string of the molecule is COc1ccc(Cl)cc1C(O)CCCCO. The highest BCUT2D eigenvalue weighted by Gasteiger charge is 2.13. The number of aliphatic hydroxyl groups excluding tert-OH is 2. The van der Waals surface area contributed by atoms with Gasteiger partial charge < -0.3 is 14.9 Å². The van der Waals surface area contributed by atoms with Crippen LogP contribution in [0, 0.1) is 0 Å². The van der Waals surface area contributed by atoms with Gasteiger partial charge in [-0.3, -0.25) is 0 Å². The highest BCUT2D eigenvalue weighted by atomic mass is 35.5. The van der Waals surface area contributed by atoms with Crippen LogP contribution in [-0.2, 0) is 0 Å². The fourth-order valence-corrected chi connectivity index (χ4v) is 1.75. The topological polar surface area (TPSA) is 49.7 Å². The Balaban J connectivity index is 2.72. The molecule has 1 atom stereocenters. The Bertz CT molecular complexity index is 328. The van der Waals surface area contributed by atoms with Gasteiger partial charge in [0.15, 0.2) is 0 Å². The molecule has 0 aromatic heterocycles. The van der Waals surface area contributed by atoms with Crippen molar-refractivity contribution in [2.45, 2.75) is 25.4 Å². The maximum Gasteiger partial charge on any atom is 0.124 e. The molecule has 2 N–H and O–H groups in total. The van der Waals surface area contributed by atoms with Gasteiger partial charge >= 0.3 is 0 Å². The summed E-state index contributed by atoms with van der Waals surface area (Å²) in [6.07, 6.45) is 1.46. The van der Waals surface area contributed by atoms with Crippen LogP contribution in [0.3, 0.4) is 0 Å². The first kappa shape index (κ1) is 13.3. The summed E-state index contributed by atoms with van der Waals surface area (Å²) in [6.45, 7) is 0.152. The summed E-state index contributed by atoms with van der Waals surface area (Å²) in [6, 6.07) is 5.18. The number of aliphatic hydroxyl groups is 2. The van der Waals surface area contributed by atoms with E-state index in [1.807, 2.05) is 0 Å². The average molecular weight is 245 g/mol. The lowest BCUT2D eigenvalue weighted by Gasteiger charge is -2.14. The van der Waals surface area contributed by atoms with E-state index in [-0.39, 0.29) is 6.61 Å². The van der Waals surface area contributed by atoms with Crippen LogP contribution in [0.5, 0.6) is 5.75 Å². The summed E-state index contributed by atoms with van der Waals surface area (Å²) >= 11 is 5.87. The molecular formula is C12H17ClO3. The molecule has 0 aliphatic carbocycles. The van der Waals surface area contributed by atoms with Crippen LogP contribution in [0.4, 0.5) is 0 Å². The molecule has 3 nitrogen and oxygen atoms in total. The third-order valence-electron chi connectivity index (χ3n) is 2.44. The number of hydrogen-bond donors (Lipinski definition) is 2. The maximum atomic E-state index is 9.96. The van der Waals surface area contributed by atoms with Crippen LogP contribution in [0.15, 0.2) is 18.2 Å². The van der Waals surface area contributed by atoms with E-state index in [1.54, 1.807) is 25.3 Å². The van der Waals surface area contributed by atoms with Crippen molar-refractivity contribution in [3.8, 4) is 5.75 Å². The summed E-state index contributed by atoms with van der Waals surface area (Å²) in [5.74, 6) is 0.640. The lowest BCUT2D eigenvalue weighted by atomic mass is 10.0. The molecule has 0 spiro atoms. The monoisotopic (exact) mass is 244 g/mol. The van der Waals surface area contributed by atoms with Crippen LogP contribution >= 0.6 is 11.6 Å². The van der Waals surface area contributed by atoms with Gasteiger partial charge in [-0.05, 0) is 37.5 Å². The molecule has 0 heterocycles. The predicted octanol–water partition coefficient (Wildman–Crippen LogP) is 2.54. The summed E-state index contributed by atoms with van der Waals surface area (Å²) in [5.41, 5.74) is 0.702. The van der Waals surface area contributed by atoms with Crippen molar-refractivity contribution in [1.82, 2.24) is 0 Å². The quantitative estimate of drug-likeness (QED) is 0.756. The van der Waals surface area contributed by atoms with E-state index in [1.165, 1.54) is 0 Å². The number of unbranched alkanes of at least 4 members (excludes halogenated alkanes) is 1. The Kier molecular flexibility index (Phi) is 5.60. The minimum absolute atomic E-state index is 0.152. The number of halogens is 1. The van der Waals surface area contributed by atoms with Gasteiger partial charge in [-0.1, -0.05) is 11.6 Å². The lowest BCUT2D eigenvalue weighted by molar-refractivity contribution is 0.155. The fourth-order valence-electron chi connectivity index (χ4n) is 1.57. The molecule has 4 heteroatoms. The zero-order valence-electron chi connectivity index (χ0n) is 9.32. The number of hydrogen-bond acceptors (Lipinski definition) is 3. The van der Waals surface area contributed by atoms with Crippen molar-refractivity contribution in [2.75, 3.05) is 13.7 Å². The molecule has 0 bridgehead atoms. The van der Waals surface area contributed by atoms with Gasteiger partial charge in [-0.15, -0.1) is 0 Å². The van der Waals surface area contributed by atoms with Crippen LogP contribution in [-0.4, -0.2) is 23.9 Å². The van der Waals surface area contributed by atoms with E-state index in [0.29, 0.717) is 29.2 Å². The molecule has 90 valence electrons. The second-order valence-electron chi connectivity index (χ2n) is 3.62. The predicted molar refractivity (Wildman–Crippen MR) is 63.9 cm³/mol. The van der Waals surface area contributed by atoms with Crippen LogP contribution in [0.2, 0.25) is 5.02 Å². The first-order valence-corrected chi connectivity index (χ1v) is 5.69. The Morgan fingerprint density at radius 3 is 2.75 bits per heavy atom. The van der Waals surface area contributed by atoms with Crippen molar-refractivity contribution < 1.29 is 14.9 Å². The third kappa shape index (κ3) is 3.67. The van der Waals surface area contributed by atoms with E-state index in [9.17, 15) is 5.11 Å². The molecule has 0 saturated carbocycles. The molecule has 0 aliphatic heterocycles. The van der Waals surface area contributed by atoms with Crippen molar-refractivity contribution in [2.24, 2.45) is 0 Å². The molecular weight excluding hydrogens is 228 g/mol. The van der Waals surface area contributed by atoms with Gasteiger partial charge in [0.25, 0.3) is 0 Å². The highest BCUT2D eigenvalue weighted by molar-refractivity contribution is 6.30. The second-order valence-corrected chi connectivity index (χ2v) is 4.06. The minimum Gasteiger partial charge on any atom is -0.496 e. The van der Waals surface area contributed by atoms with Crippen LogP contribution in [0.1, 0.15) is 30.9 Å². The molecule has 1 rings (SSSR count). The summed E-state index contributed by atoms with van der Waals surface area (Å²) in [7, 11) is 1.56. The highest BCUT2D eigenvalue weighted by Crippen LogP contribution is 2.30. The van der Waals surface area contributed by atoms with Gasteiger partial charge in [-0.2, -0.15) is 0 Å². The number of benzene rings is 1. The van der Waals surface area contributed by atoms with E-state index in [0.717, 1.165) is 6.42 Å². The van der Waals surface area contributed by atoms with E-state index >= 15 is 0 Å². The number of methoxy groups -OCH3 is 1. The summed E-state index contributed by atoms with van der Waals surface area (Å²) in [5, 5.41) is 19.2. The van der Waals surface area contributed by atoms with Gasteiger partial charge in [0.1, 0.15) is 5.75 Å². The molecule has 1 aromatic rings. The minimum atomic E-state index is -0.597. The van der Waals surface area contributed by atoms with Gasteiger partial charge in [0, 0.05) is 17.2 Å². The van der Waals surface area contributed by atoms with Crippen molar-refractivity contribution in [3.63, 3.8) is 0 Å². The summed E-state index contributed by atoms with van der Waals surface area (Å²) in [4.78, 5) is 0. The Hall–Kier alpha value is -0.770. The van der Waals surface area contributed by atoms with E-state index in [2.05, 4.69) is 0 Å². The zero-order chi connectivity index (χ0) is 12.0. The smallest absolute Gasteiger partial charge is 0.124 e. The molecule has 1 aromatic carbocycles.